The highest BCUT2D eigenvalue weighted by Gasteiger charge is 2.35. The molecule has 1 aliphatic rings. The fraction of sp³-hybridized carbons (Fsp3) is 0.960. The Bertz CT molecular complexity index is 377. The van der Waals surface area contributed by atoms with Gasteiger partial charge in [-0.2, -0.15) is 0 Å². The summed E-state index contributed by atoms with van der Waals surface area (Å²) in [4.78, 5) is 4.79. The Kier molecular flexibility index (Phi) is 14.2. The second-order valence-electron chi connectivity index (χ2n) is 9.36. The Morgan fingerprint density at radius 1 is 0.852 bits per heavy atom. The standard InChI is InChI=1S/C25H49NO/c1-4-25(20-22-27)19-21-26-24(25)18-16-14-12-10-8-6-5-7-9-11-13-15-17-23(2)3/h23,27H,4-22H2,1-3H3. The Labute approximate surface area is 170 Å². The lowest BCUT2D eigenvalue weighted by atomic mass is 9.75. The van der Waals surface area contributed by atoms with Gasteiger partial charge in [-0.25, -0.2) is 0 Å². The van der Waals surface area contributed by atoms with Gasteiger partial charge < -0.3 is 5.11 Å². The normalized spacial score (nSPS) is 19.8. The molecule has 1 atom stereocenters. The van der Waals surface area contributed by atoms with Crippen molar-refractivity contribution in [1.29, 1.82) is 0 Å². The van der Waals surface area contributed by atoms with Crippen LogP contribution in [0.15, 0.2) is 4.99 Å². The van der Waals surface area contributed by atoms with E-state index in [2.05, 4.69) is 20.8 Å². The number of hydrogen-bond acceptors (Lipinski definition) is 2. The number of aliphatic hydroxyl groups excluding tert-OH is 1. The van der Waals surface area contributed by atoms with E-state index in [1.807, 2.05) is 0 Å². The topological polar surface area (TPSA) is 32.6 Å². The van der Waals surface area contributed by atoms with Gasteiger partial charge in [0.25, 0.3) is 0 Å². The quantitative estimate of drug-likeness (QED) is 0.243. The van der Waals surface area contributed by atoms with Gasteiger partial charge in [0, 0.05) is 24.3 Å². The zero-order valence-electron chi connectivity index (χ0n) is 18.9. The van der Waals surface area contributed by atoms with Crippen molar-refractivity contribution in [2.75, 3.05) is 13.2 Å². The molecule has 0 bridgehead atoms. The average molecular weight is 380 g/mol. The fourth-order valence-electron chi connectivity index (χ4n) is 4.71. The Balaban J connectivity index is 1.89. The van der Waals surface area contributed by atoms with Crippen LogP contribution in [-0.2, 0) is 0 Å². The molecule has 0 aliphatic carbocycles. The lowest BCUT2D eigenvalue weighted by Crippen LogP contribution is -2.28. The van der Waals surface area contributed by atoms with Gasteiger partial charge in [0.05, 0.1) is 0 Å². The summed E-state index contributed by atoms with van der Waals surface area (Å²) in [7, 11) is 0. The molecule has 0 aromatic rings. The van der Waals surface area contributed by atoms with Crippen molar-refractivity contribution in [2.24, 2.45) is 16.3 Å². The third-order valence-corrected chi connectivity index (χ3v) is 6.72. The molecule has 160 valence electrons. The highest BCUT2D eigenvalue weighted by atomic mass is 16.3. The zero-order chi connectivity index (χ0) is 19.8. The molecule has 0 amide bonds. The molecule has 27 heavy (non-hydrogen) atoms. The Morgan fingerprint density at radius 3 is 1.85 bits per heavy atom. The molecule has 1 N–H and O–H groups in total. The fourth-order valence-corrected chi connectivity index (χ4v) is 4.71. The van der Waals surface area contributed by atoms with Crippen LogP contribution in [0.4, 0.5) is 0 Å². The minimum absolute atomic E-state index is 0.240. The van der Waals surface area contributed by atoms with E-state index in [0.717, 1.165) is 31.7 Å². The number of aliphatic imine (C=N–C) groups is 1. The first kappa shape index (κ1) is 24.7. The molecular formula is C25H49NO. The smallest absolute Gasteiger partial charge is 0.0439 e. The summed E-state index contributed by atoms with van der Waals surface area (Å²) in [5.41, 5.74) is 1.66. The molecule has 2 nitrogen and oxygen atoms in total. The second kappa shape index (κ2) is 15.5. The average Bonchev–Trinajstić information content (AvgIpc) is 3.05. The van der Waals surface area contributed by atoms with Gasteiger partial charge >= 0.3 is 0 Å². The second-order valence-corrected chi connectivity index (χ2v) is 9.36. The van der Waals surface area contributed by atoms with Gasteiger partial charge in [0.2, 0.25) is 0 Å². The summed E-state index contributed by atoms with van der Waals surface area (Å²) in [6.07, 6.45) is 22.8. The van der Waals surface area contributed by atoms with E-state index in [0.29, 0.717) is 6.61 Å². The number of unbranched alkanes of at least 4 members (excludes halogenated alkanes) is 11. The first-order valence-electron chi connectivity index (χ1n) is 12.3. The molecule has 1 unspecified atom stereocenters. The van der Waals surface area contributed by atoms with Crippen LogP contribution in [0, 0.1) is 11.3 Å². The van der Waals surface area contributed by atoms with Crippen molar-refractivity contribution in [3.8, 4) is 0 Å². The van der Waals surface area contributed by atoms with Gasteiger partial charge in [-0.15, -0.1) is 0 Å². The first-order valence-corrected chi connectivity index (χ1v) is 12.3. The minimum atomic E-state index is 0.240. The molecule has 0 aromatic heterocycles. The van der Waals surface area contributed by atoms with E-state index in [1.54, 1.807) is 0 Å². The van der Waals surface area contributed by atoms with E-state index >= 15 is 0 Å². The highest BCUT2D eigenvalue weighted by Crippen LogP contribution is 2.38. The molecule has 0 spiro atoms. The van der Waals surface area contributed by atoms with Crippen LogP contribution < -0.4 is 0 Å². The Morgan fingerprint density at radius 2 is 1.37 bits per heavy atom. The maximum absolute atomic E-state index is 9.39. The SMILES string of the molecule is CCC1(CCO)CCN=C1CCCCCCCCCCCCCCC(C)C. The van der Waals surface area contributed by atoms with Crippen LogP contribution >= 0.6 is 0 Å². The molecule has 1 rings (SSSR count). The van der Waals surface area contributed by atoms with Crippen LogP contribution in [0.1, 0.15) is 130 Å². The van der Waals surface area contributed by atoms with Crippen LogP contribution in [0.2, 0.25) is 0 Å². The van der Waals surface area contributed by atoms with Crippen molar-refractivity contribution in [3.05, 3.63) is 0 Å². The van der Waals surface area contributed by atoms with Gasteiger partial charge in [-0.1, -0.05) is 97.8 Å². The van der Waals surface area contributed by atoms with Gasteiger partial charge in [-0.05, 0) is 38.0 Å². The van der Waals surface area contributed by atoms with Gasteiger partial charge in [0.15, 0.2) is 0 Å². The van der Waals surface area contributed by atoms with Gasteiger partial charge in [-0.3, -0.25) is 4.99 Å². The van der Waals surface area contributed by atoms with Crippen molar-refractivity contribution in [2.45, 2.75) is 130 Å². The molecule has 0 radical (unpaired) electrons. The third-order valence-electron chi connectivity index (χ3n) is 6.72. The molecule has 1 aliphatic heterocycles. The van der Waals surface area contributed by atoms with Gasteiger partial charge in [0.1, 0.15) is 0 Å². The summed E-state index contributed by atoms with van der Waals surface area (Å²) in [5.74, 6) is 0.880. The molecule has 0 aromatic carbocycles. The number of rotatable bonds is 18. The monoisotopic (exact) mass is 379 g/mol. The maximum Gasteiger partial charge on any atom is 0.0439 e. The maximum atomic E-state index is 9.39. The van der Waals surface area contributed by atoms with E-state index in [9.17, 15) is 5.11 Å². The van der Waals surface area contributed by atoms with Crippen LogP contribution in [-0.4, -0.2) is 24.0 Å². The number of aliphatic hydroxyl groups is 1. The summed E-state index contributed by atoms with van der Waals surface area (Å²) < 4.78 is 0. The van der Waals surface area contributed by atoms with E-state index in [4.69, 9.17) is 4.99 Å². The summed E-state index contributed by atoms with van der Waals surface area (Å²) in [6, 6.07) is 0. The van der Waals surface area contributed by atoms with Crippen molar-refractivity contribution in [3.63, 3.8) is 0 Å². The van der Waals surface area contributed by atoms with Crippen molar-refractivity contribution in [1.82, 2.24) is 0 Å². The van der Waals surface area contributed by atoms with Crippen molar-refractivity contribution < 1.29 is 5.11 Å². The summed E-state index contributed by atoms with van der Waals surface area (Å²) in [5, 5.41) is 9.39. The lowest BCUT2D eigenvalue weighted by Gasteiger charge is -2.29. The molecular weight excluding hydrogens is 330 g/mol. The molecule has 1 heterocycles. The zero-order valence-corrected chi connectivity index (χ0v) is 18.9. The molecule has 2 heteroatoms. The van der Waals surface area contributed by atoms with Crippen LogP contribution in [0.25, 0.3) is 0 Å². The van der Waals surface area contributed by atoms with E-state index in [1.165, 1.54) is 95.6 Å². The number of nitrogens with zero attached hydrogens (tertiary/aromatic N) is 1. The highest BCUT2D eigenvalue weighted by molar-refractivity contribution is 5.91. The van der Waals surface area contributed by atoms with Crippen LogP contribution in [0.5, 0.6) is 0 Å². The summed E-state index contributed by atoms with van der Waals surface area (Å²) >= 11 is 0. The molecule has 0 fully saturated rings. The summed E-state index contributed by atoms with van der Waals surface area (Å²) in [6.45, 7) is 8.23. The number of hydrogen-bond donors (Lipinski definition) is 1. The van der Waals surface area contributed by atoms with E-state index in [-0.39, 0.29) is 5.41 Å². The molecule has 0 saturated carbocycles. The third kappa shape index (κ3) is 10.7. The van der Waals surface area contributed by atoms with E-state index < -0.39 is 0 Å². The minimum Gasteiger partial charge on any atom is -0.396 e. The Hall–Kier alpha value is -0.370. The largest absolute Gasteiger partial charge is 0.396 e. The predicted molar refractivity (Wildman–Crippen MR) is 121 cm³/mol. The predicted octanol–water partition coefficient (Wildman–Crippen LogP) is 7.73. The molecule has 0 saturated heterocycles. The van der Waals surface area contributed by atoms with Crippen molar-refractivity contribution >= 4 is 5.71 Å². The lowest BCUT2D eigenvalue weighted by molar-refractivity contribution is 0.225. The first-order chi connectivity index (χ1) is 13.1. The van der Waals surface area contributed by atoms with Crippen LogP contribution in [0.3, 0.4) is 0 Å².